The van der Waals surface area contributed by atoms with Gasteiger partial charge in [-0.1, -0.05) is 115 Å². The van der Waals surface area contributed by atoms with E-state index in [1.807, 2.05) is 0 Å². The van der Waals surface area contributed by atoms with Gasteiger partial charge in [-0.15, -0.1) is 0 Å². The maximum Gasteiger partial charge on any atom is 0.0134 e. The maximum atomic E-state index is 2.51. The summed E-state index contributed by atoms with van der Waals surface area (Å²) in [5.41, 5.74) is 11.0. The minimum Gasteiger partial charge on any atom is -0.0758 e. The highest BCUT2D eigenvalue weighted by Crippen LogP contribution is 2.51. The van der Waals surface area contributed by atoms with Gasteiger partial charge >= 0.3 is 0 Å². The Morgan fingerprint density at radius 3 is 2.10 bits per heavy atom. The average Bonchev–Trinajstić information content (AvgIpc) is 2.85. The first kappa shape index (κ1) is 18.2. The highest BCUT2D eigenvalue weighted by Gasteiger charge is 2.32. The molecule has 0 fully saturated rings. The van der Waals surface area contributed by atoms with E-state index in [2.05, 4.69) is 121 Å². The summed E-state index contributed by atoms with van der Waals surface area (Å²) in [5.74, 6) is 0.770. The molecule has 0 spiro atoms. The first-order valence-corrected chi connectivity index (χ1v) is 11.1. The van der Waals surface area contributed by atoms with Gasteiger partial charge in [-0.3, -0.25) is 0 Å². The van der Waals surface area contributed by atoms with Gasteiger partial charge in [0, 0.05) is 11.8 Å². The molecule has 0 heteroatoms. The van der Waals surface area contributed by atoms with E-state index in [9.17, 15) is 0 Å². The summed E-state index contributed by atoms with van der Waals surface area (Å²) in [6.07, 6.45) is 8.28. The van der Waals surface area contributed by atoms with Crippen LogP contribution in [0.2, 0.25) is 0 Å². The van der Waals surface area contributed by atoms with Crippen molar-refractivity contribution in [3.8, 4) is 22.3 Å². The third-order valence-corrected chi connectivity index (χ3v) is 6.68. The van der Waals surface area contributed by atoms with E-state index in [1.165, 1.54) is 44.5 Å². The normalized spacial score (nSPS) is 18.5. The fraction of sp³-hybridized carbons (Fsp3) is 0.0968. The summed E-state index contributed by atoms with van der Waals surface area (Å²) < 4.78 is 0. The molecule has 148 valence electrons. The first-order chi connectivity index (χ1) is 15.4. The van der Waals surface area contributed by atoms with Crippen molar-refractivity contribution < 1.29 is 0 Å². The van der Waals surface area contributed by atoms with Crippen LogP contribution < -0.4 is 0 Å². The fourth-order valence-corrected chi connectivity index (χ4v) is 5.19. The standard InChI is InChI=1S/C31H24/c1-3-9-22(10-4-1)19-23-15-17-29-30(20-23)27-14-8-7-13-26(27)28-18-16-25(21-31(28)29)24-11-5-2-6-12-24/h1-18,20-21,29-30H,19H2. The summed E-state index contributed by atoms with van der Waals surface area (Å²) in [6.45, 7) is 0. The lowest BCUT2D eigenvalue weighted by Gasteiger charge is -2.35. The molecule has 4 aromatic carbocycles. The second-order valence-electron chi connectivity index (χ2n) is 8.57. The molecule has 0 aliphatic heterocycles. The Labute approximate surface area is 184 Å². The van der Waals surface area contributed by atoms with Crippen molar-refractivity contribution in [1.82, 2.24) is 0 Å². The lowest BCUT2D eigenvalue weighted by molar-refractivity contribution is 0.711. The van der Waals surface area contributed by atoms with Gasteiger partial charge in [0.05, 0.1) is 0 Å². The molecule has 0 saturated carbocycles. The largest absolute Gasteiger partial charge is 0.0758 e. The van der Waals surface area contributed by atoms with Gasteiger partial charge in [0.2, 0.25) is 0 Å². The van der Waals surface area contributed by atoms with Crippen molar-refractivity contribution in [2.75, 3.05) is 0 Å². The highest BCUT2D eigenvalue weighted by molar-refractivity contribution is 5.80. The smallest absolute Gasteiger partial charge is 0.0134 e. The molecular formula is C31H24. The van der Waals surface area contributed by atoms with Crippen LogP contribution in [0, 0.1) is 0 Å². The Morgan fingerprint density at radius 2 is 1.26 bits per heavy atom. The van der Waals surface area contributed by atoms with E-state index in [0.29, 0.717) is 11.8 Å². The summed E-state index contributed by atoms with van der Waals surface area (Å²) in [6, 6.07) is 37.5. The Hall–Kier alpha value is -3.64. The number of hydrogen-bond acceptors (Lipinski definition) is 0. The van der Waals surface area contributed by atoms with Crippen molar-refractivity contribution in [3.63, 3.8) is 0 Å². The molecule has 2 unspecified atom stereocenters. The quantitative estimate of drug-likeness (QED) is 0.330. The second-order valence-corrected chi connectivity index (χ2v) is 8.57. The monoisotopic (exact) mass is 396 g/mol. The molecule has 31 heavy (non-hydrogen) atoms. The maximum absolute atomic E-state index is 2.51. The molecule has 0 radical (unpaired) electrons. The van der Waals surface area contributed by atoms with Crippen molar-refractivity contribution in [1.29, 1.82) is 0 Å². The predicted molar refractivity (Wildman–Crippen MR) is 130 cm³/mol. The summed E-state index contributed by atoms with van der Waals surface area (Å²) >= 11 is 0. The average molecular weight is 397 g/mol. The van der Waals surface area contributed by atoms with Crippen LogP contribution in [0.3, 0.4) is 0 Å². The van der Waals surface area contributed by atoms with Gasteiger partial charge in [-0.2, -0.15) is 0 Å². The van der Waals surface area contributed by atoms with E-state index in [0.717, 1.165) is 6.42 Å². The molecule has 2 aliphatic carbocycles. The Balaban J connectivity index is 1.45. The molecule has 6 rings (SSSR count). The van der Waals surface area contributed by atoms with Gasteiger partial charge in [-0.05, 0) is 57.0 Å². The number of fused-ring (bicyclic) bond motifs is 6. The molecule has 4 aromatic rings. The molecule has 0 bridgehead atoms. The highest BCUT2D eigenvalue weighted by atomic mass is 14.4. The van der Waals surface area contributed by atoms with E-state index >= 15 is 0 Å². The molecule has 0 aromatic heterocycles. The lowest BCUT2D eigenvalue weighted by Crippen LogP contribution is -2.18. The van der Waals surface area contributed by atoms with Gasteiger partial charge in [0.1, 0.15) is 0 Å². The number of rotatable bonds is 3. The van der Waals surface area contributed by atoms with E-state index < -0.39 is 0 Å². The van der Waals surface area contributed by atoms with Gasteiger partial charge in [0.25, 0.3) is 0 Å². The molecule has 2 aliphatic rings. The first-order valence-electron chi connectivity index (χ1n) is 11.1. The molecule has 0 N–H and O–H groups in total. The van der Waals surface area contributed by atoms with Crippen LogP contribution in [0.5, 0.6) is 0 Å². The zero-order chi connectivity index (χ0) is 20.6. The molecule has 0 heterocycles. The third kappa shape index (κ3) is 3.25. The van der Waals surface area contributed by atoms with Crippen molar-refractivity contribution in [2.45, 2.75) is 18.3 Å². The van der Waals surface area contributed by atoms with Crippen molar-refractivity contribution >= 4 is 0 Å². The Morgan fingerprint density at radius 1 is 0.548 bits per heavy atom. The summed E-state index contributed by atoms with van der Waals surface area (Å²) in [5, 5.41) is 0. The summed E-state index contributed by atoms with van der Waals surface area (Å²) in [7, 11) is 0. The van der Waals surface area contributed by atoms with E-state index in [1.54, 1.807) is 0 Å². The van der Waals surface area contributed by atoms with Crippen LogP contribution in [-0.4, -0.2) is 0 Å². The predicted octanol–water partition coefficient (Wildman–Crippen LogP) is 7.94. The lowest BCUT2D eigenvalue weighted by atomic mass is 9.68. The number of allylic oxidation sites excluding steroid dienone is 4. The van der Waals surface area contributed by atoms with E-state index in [4.69, 9.17) is 0 Å². The topological polar surface area (TPSA) is 0 Å². The molecule has 0 saturated heterocycles. The Kier molecular flexibility index (Phi) is 4.43. The Bertz CT molecular complexity index is 1290. The number of hydrogen-bond donors (Lipinski definition) is 0. The van der Waals surface area contributed by atoms with Crippen LogP contribution in [0.25, 0.3) is 22.3 Å². The van der Waals surface area contributed by atoms with Crippen molar-refractivity contribution in [3.05, 3.63) is 144 Å². The van der Waals surface area contributed by atoms with Gasteiger partial charge in [-0.25, -0.2) is 0 Å². The van der Waals surface area contributed by atoms with Crippen LogP contribution in [-0.2, 0) is 6.42 Å². The number of benzene rings is 4. The van der Waals surface area contributed by atoms with Crippen LogP contribution in [0.4, 0.5) is 0 Å². The van der Waals surface area contributed by atoms with Crippen LogP contribution in [0.1, 0.15) is 28.5 Å². The zero-order valence-corrected chi connectivity index (χ0v) is 17.4. The summed E-state index contributed by atoms with van der Waals surface area (Å²) in [4.78, 5) is 0. The minimum absolute atomic E-state index is 0.382. The minimum atomic E-state index is 0.382. The van der Waals surface area contributed by atoms with Gasteiger partial charge < -0.3 is 0 Å². The van der Waals surface area contributed by atoms with Crippen LogP contribution >= 0.6 is 0 Å². The van der Waals surface area contributed by atoms with Crippen LogP contribution in [0.15, 0.2) is 127 Å². The third-order valence-electron chi connectivity index (χ3n) is 6.68. The molecule has 0 amide bonds. The second kappa shape index (κ2) is 7.56. The zero-order valence-electron chi connectivity index (χ0n) is 17.4. The molecular weight excluding hydrogens is 372 g/mol. The van der Waals surface area contributed by atoms with Gasteiger partial charge in [0.15, 0.2) is 0 Å². The molecule has 0 nitrogen and oxygen atoms in total. The van der Waals surface area contributed by atoms with Crippen molar-refractivity contribution in [2.24, 2.45) is 0 Å². The fourth-order valence-electron chi connectivity index (χ4n) is 5.19. The van der Waals surface area contributed by atoms with E-state index in [-0.39, 0.29) is 0 Å². The SMILES string of the molecule is C1=CC2c3cc(-c4ccccc4)ccc3-c3ccccc3C2C=C1Cc1ccccc1. The molecule has 2 atom stereocenters.